The number of amides is 1. The van der Waals surface area contributed by atoms with Crippen LogP contribution in [0.2, 0.25) is 0 Å². The number of carbonyl (C=O) groups excluding carboxylic acids is 1. The molecule has 5 aromatic rings. The number of anilines is 1. The summed E-state index contributed by atoms with van der Waals surface area (Å²) >= 11 is 0. The smallest absolute Gasteiger partial charge is 0.297 e. The van der Waals surface area contributed by atoms with Crippen molar-refractivity contribution in [2.24, 2.45) is 0 Å². The number of carbonyl (C=O) groups is 1. The van der Waals surface area contributed by atoms with E-state index in [1.807, 2.05) is 37.3 Å². The van der Waals surface area contributed by atoms with Crippen molar-refractivity contribution in [3.05, 3.63) is 124 Å². The Morgan fingerprint density at radius 2 is 1.72 bits per heavy atom. The number of fused-ring (bicyclic) bond motifs is 2. The van der Waals surface area contributed by atoms with E-state index in [0.717, 1.165) is 11.6 Å². The van der Waals surface area contributed by atoms with Gasteiger partial charge in [0.2, 0.25) is 11.7 Å². The minimum absolute atomic E-state index is 0.0372. The monoisotopic (exact) mass is 523 g/mol. The molecule has 1 amide bonds. The quantitative estimate of drug-likeness (QED) is 0.280. The first-order chi connectivity index (χ1) is 19.0. The molecule has 194 valence electrons. The van der Waals surface area contributed by atoms with Gasteiger partial charge in [0.15, 0.2) is 16.9 Å². The number of nitrogens with zero attached hydrogens (tertiary/aromatic N) is 3. The van der Waals surface area contributed by atoms with Crippen molar-refractivity contribution in [1.82, 2.24) is 9.97 Å². The predicted octanol–water partition coefficient (Wildman–Crippen LogP) is 5.45. The van der Waals surface area contributed by atoms with Gasteiger partial charge in [-0.15, -0.1) is 0 Å². The van der Waals surface area contributed by atoms with Gasteiger partial charge in [-0.2, -0.15) is 0 Å². The van der Waals surface area contributed by atoms with Gasteiger partial charge >= 0.3 is 0 Å². The number of halogens is 1. The summed E-state index contributed by atoms with van der Waals surface area (Å²) in [5, 5.41) is 0.0372. The number of rotatable bonds is 7. The van der Waals surface area contributed by atoms with Gasteiger partial charge in [-0.05, 0) is 54.4 Å². The van der Waals surface area contributed by atoms with E-state index in [4.69, 9.17) is 13.9 Å². The summed E-state index contributed by atoms with van der Waals surface area (Å²) in [7, 11) is 0. The molecule has 0 saturated carbocycles. The molecular weight excluding hydrogens is 501 g/mol. The van der Waals surface area contributed by atoms with Crippen LogP contribution in [0, 0.1) is 5.82 Å². The SMILES string of the molecule is CCOc1cc(C2c3c(oc4ccc(F)cc4c3=O)C(=O)N2c2ncccn2)ccc1OCc1ccccc1. The minimum atomic E-state index is -0.943. The summed E-state index contributed by atoms with van der Waals surface area (Å²) in [5.74, 6) is -0.264. The van der Waals surface area contributed by atoms with Crippen LogP contribution in [0.5, 0.6) is 11.5 Å². The summed E-state index contributed by atoms with van der Waals surface area (Å²) in [5.41, 5.74) is 1.22. The van der Waals surface area contributed by atoms with Crippen molar-refractivity contribution < 1.29 is 23.1 Å². The Morgan fingerprint density at radius 1 is 0.923 bits per heavy atom. The Balaban J connectivity index is 1.50. The zero-order valence-electron chi connectivity index (χ0n) is 20.8. The van der Waals surface area contributed by atoms with Gasteiger partial charge in [0, 0.05) is 12.4 Å². The Hall–Kier alpha value is -5.05. The summed E-state index contributed by atoms with van der Waals surface area (Å²) in [6, 6.07) is 19.2. The first kappa shape index (κ1) is 24.3. The average Bonchev–Trinajstić information content (AvgIpc) is 3.26. The van der Waals surface area contributed by atoms with E-state index in [9.17, 15) is 14.0 Å². The molecule has 1 atom stereocenters. The first-order valence-electron chi connectivity index (χ1n) is 12.4. The lowest BCUT2D eigenvalue weighted by atomic mass is 9.98. The number of ether oxygens (including phenoxy) is 2. The van der Waals surface area contributed by atoms with Crippen LogP contribution in [0.1, 0.15) is 40.2 Å². The highest BCUT2D eigenvalue weighted by Gasteiger charge is 2.45. The fourth-order valence-electron chi connectivity index (χ4n) is 4.70. The highest BCUT2D eigenvalue weighted by Crippen LogP contribution is 2.42. The Kier molecular flexibility index (Phi) is 6.24. The molecule has 6 rings (SSSR count). The van der Waals surface area contributed by atoms with Crippen molar-refractivity contribution in [3.63, 3.8) is 0 Å². The maximum atomic E-state index is 14.1. The molecule has 3 heterocycles. The lowest BCUT2D eigenvalue weighted by Crippen LogP contribution is -2.31. The number of hydrogen-bond donors (Lipinski definition) is 0. The van der Waals surface area contributed by atoms with Gasteiger partial charge in [0.05, 0.1) is 23.6 Å². The number of aromatic nitrogens is 2. The van der Waals surface area contributed by atoms with Crippen LogP contribution in [0.15, 0.2) is 94.4 Å². The first-order valence-corrected chi connectivity index (χ1v) is 12.4. The average molecular weight is 524 g/mol. The summed E-state index contributed by atoms with van der Waals surface area (Å²) < 4.78 is 31.9. The van der Waals surface area contributed by atoms with E-state index < -0.39 is 23.2 Å². The van der Waals surface area contributed by atoms with Crippen LogP contribution < -0.4 is 19.8 Å². The predicted molar refractivity (Wildman–Crippen MR) is 142 cm³/mol. The molecule has 0 fully saturated rings. The fraction of sp³-hybridized carbons (Fsp3) is 0.133. The molecule has 0 bridgehead atoms. The molecule has 1 aliphatic heterocycles. The summed E-state index contributed by atoms with van der Waals surface area (Å²) in [4.78, 5) is 37.2. The van der Waals surface area contributed by atoms with E-state index in [1.54, 1.807) is 24.3 Å². The van der Waals surface area contributed by atoms with Gasteiger partial charge in [0.25, 0.3) is 5.91 Å². The van der Waals surface area contributed by atoms with Gasteiger partial charge < -0.3 is 13.9 Å². The second-order valence-electron chi connectivity index (χ2n) is 8.85. The van der Waals surface area contributed by atoms with E-state index in [-0.39, 0.29) is 28.2 Å². The molecule has 2 aromatic heterocycles. The summed E-state index contributed by atoms with van der Waals surface area (Å²) in [6.45, 7) is 2.54. The molecular formula is C30H22FN3O5. The van der Waals surface area contributed by atoms with Crippen LogP contribution >= 0.6 is 0 Å². The zero-order chi connectivity index (χ0) is 26.9. The lowest BCUT2D eigenvalue weighted by molar-refractivity contribution is 0.0969. The van der Waals surface area contributed by atoms with E-state index in [0.29, 0.717) is 30.3 Å². The third kappa shape index (κ3) is 4.37. The third-order valence-corrected chi connectivity index (χ3v) is 6.42. The van der Waals surface area contributed by atoms with Crippen molar-refractivity contribution in [3.8, 4) is 11.5 Å². The molecule has 0 radical (unpaired) electrons. The highest BCUT2D eigenvalue weighted by atomic mass is 19.1. The molecule has 0 spiro atoms. The maximum Gasteiger partial charge on any atom is 0.297 e. The van der Waals surface area contributed by atoms with Crippen molar-refractivity contribution in [2.75, 3.05) is 11.5 Å². The number of benzene rings is 3. The Morgan fingerprint density at radius 3 is 2.49 bits per heavy atom. The van der Waals surface area contributed by atoms with Gasteiger partial charge in [-0.3, -0.25) is 14.5 Å². The second kappa shape index (κ2) is 10.0. The molecule has 0 N–H and O–H groups in total. The topological polar surface area (TPSA) is 94.8 Å². The van der Waals surface area contributed by atoms with Crippen molar-refractivity contribution in [1.29, 1.82) is 0 Å². The van der Waals surface area contributed by atoms with Crippen LogP contribution in [0.4, 0.5) is 10.3 Å². The zero-order valence-corrected chi connectivity index (χ0v) is 20.8. The molecule has 1 unspecified atom stereocenters. The molecule has 3 aromatic carbocycles. The molecule has 0 aliphatic carbocycles. The fourth-order valence-corrected chi connectivity index (χ4v) is 4.70. The molecule has 8 nitrogen and oxygen atoms in total. The normalized spacial score (nSPS) is 14.5. The van der Waals surface area contributed by atoms with E-state index >= 15 is 0 Å². The third-order valence-electron chi connectivity index (χ3n) is 6.42. The number of hydrogen-bond acceptors (Lipinski definition) is 7. The highest BCUT2D eigenvalue weighted by molar-refractivity contribution is 6.09. The van der Waals surface area contributed by atoms with Crippen molar-refractivity contribution >= 4 is 22.8 Å². The largest absolute Gasteiger partial charge is 0.490 e. The molecule has 1 aliphatic rings. The van der Waals surface area contributed by atoms with Gasteiger partial charge in [-0.1, -0.05) is 36.4 Å². The molecule has 9 heteroatoms. The van der Waals surface area contributed by atoms with Crippen LogP contribution in [0.3, 0.4) is 0 Å². The standard InChI is InChI=1S/C30H22FN3O5/c1-2-37-24-15-19(9-11-23(24)38-17-18-7-4-3-5-8-18)26-25-27(35)21-16-20(31)10-12-22(21)39-28(25)29(36)34(26)30-32-13-6-14-33-30/h3-16,26H,2,17H2,1H3. The molecule has 39 heavy (non-hydrogen) atoms. The molecule has 0 saturated heterocycles. The Bertz CT molecular complexity index is 1740. The van der Waals surface area contributed by atoms with Gasteiger partial charge in [-0.25, -0.2) is 14.4 Å². The van der Waals surface area contributed by atoms with E-state index in [2.05, 4.69) is 9.97 Å². The Labute approximate surface area is 222 Å². The van der Waals surface area contributed by atoms with Crippen molar-refractivity contribution in [2.45, 2.75) is 19.6 Å². The van der Waals surface area contributed by atoms with E-state index in [1.165, 1.54) is 29.4 Å². The van der Waals surface area contributed by atoms with Gasteiger partial charge in [0.1, 0.15) is 18.0 Å². The minimum Gasteiger partial charge on any atom is -0.490 e. The van der Waals surface area contributed by atoms with Crippen LogP contribution in [0.25, 0.3) is 11.0 Å². The summed E-state index contributed by atoms with van der Waals surface area (Å²) in [6.07, 6.45) is 3.01. The van der Waals surface area contributed by atoms with Crippen LogP contribution in [-0.2, 0) is 6.61 Å². The maximum absolute atomic E-state index is 14.1. The second-order valence-corrected chi connectivity index (χ2v) is 8.85. The lowest BCUT2D eigenvalue weighted by Gasteiger charge is -2.24. The van der Waals surface area contributed by atoms with Crippen LogP contribution in [-0.4, -0.2) is 22.5 Å².